The van der Waals surface area contributed by atoms with Crippen molar-refractivity contribution in [1.82, 2.24) is 0 Å². The van der Waals surface area contributed by atoms with Crippen LogP contribution in [0.4, 0.5) is 13.2 Å². The number of carbonyl (C=O) groups is 4. The zero-order valence-electron chi connectivity index (χ0n) is 21.5. The Hall–Kier alpha value is -3.44. The molecule has 0 aliphatic carbocycles. The third kappa shape index (κ3) is 6.47. The molecule has 0 radical (unpaired) electrons. The zero-order chi connectivity index (χ0) is 30.1. The van der Waals surface area contributed by atoms with Crippen LogP contribution in [0.2, 0.25) is 0 Å². The van der Waals surface area contributed by atoms with Gasteiger partial charge in [-0.25, -0.2) is 4.18 Å². The number of benzene rings is 1. The molecule has 1 aromatic rings. The van der Waals surface area contributed by atoms with Crippen molar-refractivity contribution in [2.75, 3.05) is 6.61 Å². The molecular formula is C23H25F3O13S. The normalized spacial score (nSPS) is 28.0. The van der Waals surface area contributed by atoms with E-state index < -0.39 is 76.0 Å². The summed E-state index contributed by atoms with van der Waals surface area (Å²) in [5.74, 6) is -10.2. The number of fused-ring (bicyclic) bond motifs is 1. The summed E-state index contributed by atoms with van der Waals surface area (Å²) in [5, 5.41) is 0. The molecule has 1 fully saturated rings. The van der Waals surface area contributed by atoms with Gasteiger partial charge in [0.25, 0.3) is 11.6 Å². The fourth-order valence-corrected chi connectivity index (χ4v) is 4.96. The summed E-state index contributed by atoms with van der Waals surface area (Å²) in [6.45, 7) is 2.01. The lowest BCUT2D eigenvalue weighted by Gasteiger charge is -2.55. The second-order valence-corrected chi connectivity index (χ2v) is 10.4. The van der Waals surface area contributed by atoms with E-state index >= 15 is 0 Å². The molecule has 2 aliphatic rings. The number of hydrogen-bond acceptors (Lipinski definition) is 13. The SMILES string of the molecule is CC(=O)OC[C@]1(OS(=O)(=O)C(F)(F)F)O[C@]2(CCc3ccccc3O2)[C@@H](OC(C)=O)[C@H](OC(C)=O)[C@H]1OC(C)=O. The van der Waals surface area contributed by atoms with Crippen LogP contribution in [0, 0.1) is 0 Å². The highest BCUT2D eigenvalue weighted by Gasteiger charge is 2.71. The van der Waals surface area contributed by atoms with E-state index in [9.17, 15) is 40.8 Å². The largest absolute Gasteiger partial charge is 0.523 e. The van der Waals surface area contributed by atoms with Crippen molar-refractivity contribution in [3.8, 4) is 5.75 Å². The number of alkyl halides is 3. The van der Waals surface area contributed by atoms with Gasteiger partial charge < -0.3 is 23.7 Å². The summed E-state index contributed by atoms with van der Waals surface area (Å²) < 4.78 is 102. The van der Waals surface area contributed by atoms with Crippen molar-refractivity contribution in [3.05, 3.63) is 29.8 Å². The number of hydrogen-bond donors (Lipinski definition) is 0. The molecule has 40 heavy (non-hydrogen) atoms. The summed E-state index contributed by atoms with van der Waals surface area (Å²) in [7, 11) is -6.59. The van der Waals surface area contributed by atoms with E-state index in [4.69, 9.17) is 28.4 Å². The molecule has 0 saturated carbocycles. The predicted molar refractivity (Wildman–Crippen MR) is 121 cm³/mol. The minimum atomic E-state index is -6.59. The Morgan fingerprint density at radius 2 is 1.50 bits per heavy atom. The van der Waals surface area contributed by atoms with Crippen LogP contribution in [0.3, 0.4) is 0 Å². The van der Waals surface area contributed by atoms with Gasteiger partial charge in [-0.3, -0.25) is 23.9 Å². The van der Waals surface area contributed by atoms with Crippen molar-refractivity contribution in [1.29, 1.82) is 0 Å². The molecule has 3 rings (SSSR count). The van der Waals surface area contributed by atoms with Gasteiger partial charge in [-0.15, -0.1) is 0 Å². The molecule has 2 heterocycles. The third-order valence-electron chi connectivity index (χ3n) is 5.71. The minimum absolute atomic E-state index is 0.0641. The molecule has 0 amide bonds. The summed E-state index contributed by atoms with van der Waals surface area (Å²) >= 11 is 0. The third-order valence-corrected chi connectivity index (χ3v) is 6.77. The Bertz CT molecular complexity index is 1280. The van der Waals surface area contributed by atoms with E-state index in [1.807, 2.05) is 0 Å². The number of ether oxygens (including phenoxy) is 6. The van der Waals surface area contributed by atoms with Crippen molar-refractivity contribution in [3.63, 3.8) is 0 Å². The van der Waals surface area contributed by atoms with Crippen LogP contribution in [0.25, 0.3) is 0 Å². The number of carbonyl (C=O) groups excluding carboxylic acids is 4. The second kappa shape index (κ2) is 11.2. The average molecular weight is 599 g/mol. The van der Waals surface area contributed by atoms with E-state index in [1.54, 1.807) is 12.1 Å². The van der Waals surface area contributed by atoms with Crippen molar-refractivity contribution in [2.24, 2.45) is 0 Å². The molecular weight excluding hydrogens is 573 g/mol. The van der Waals surface area contributed by atoms with Crippen LogP contribution in [0.15, 0.2) is 24.3 Å². The summed E-state index contributed by atoms with van der Waals surface area (Å²) in [4.78, 5) is 48.1. The van der Waals surface area contributed by atoms with E-state index in [0.29, 0.717) is 5.56 Å². The van der Waals surface area contributed by atoms with Gasteiger partial charge in [0.1, 0.15) is 5.75 Å². The Balaban J connectivity index is 2.34. The first-order valence-corrected chi connectivity index (χ1v) is 13.0. The van der Waals surface area contributed by atoms with Gasteiger partial charge in [-0.1, -0.05) is 18.2 Å². The predicted octanol–water partition coefficient (Wildman–Crippen LogP) is 1.66. The summed E-state index contributed by atoms with van der Waals surface area (Å²) in [5.41, 5.74) is -5.46. The molecule has 1 saturated heterocycles. The molecule has 222 valence electrons. The van der Waals surface area contributed by atoms with Crippen LogP contribution in [0.5, 0.6) is 5.75 Å². The molecule has 0 aromatic heterocycles. The number of esters is 4. The molecule has 2 aliphatic heterocycles. The van der Waals surface area contributed by atoms with Gasteiger partial charge in [0.05, 0.1) is 0 Å². The Morgan fingerprint density at radius 1 is 0.925 bits per heavy atom. The first-order chi connectivity index (χ1) is 18.4. The fourth-order valence-electron chi connectivity index (χ4n) is 4.32. The summed E-state index contributed by atoms with van der Waals surface area (Å²) in [6, 6.07) is 6.27. The molecule has 17 heteroatoms. The highest BCUT2D eigenvalue weighted by atomic mass is 32.2. The minimum Gasteiger partial charge on any atom is -0.460 e. The second-order valence-electron chi connectivity index (χ2n) is 8.83. The van der Waals surface area contributed by atoms with E-state index in [0.717, 1.165) is 27.7 Å². The first-order valence-electron chi connectivity index (χ1n) is 11.6. The molecule has 13 nitrogen and oxygen atoms in total. The van der Waals surface area contributed by atoms with Crippen molar-refractivity contribution in [2.45, 2.75) is 75.9 Å². The lowest BCUT2D eigenvalue weighted by atomic mass is 9.85. The maximum Gasteiger partial charge on any atom is 0.523 e. The monoisotopic (exact) mass is 598 g/mol. The molecule has 0 N–H and O–H groups in total. The van der Waals surface area contributed by atoms with Gasteiger partial charge in [0, 0.05) is 34.1 Å². The van der Waals surface area contributed by atoms with Gasteiger partial charge in [0.15, 0.2) is 12.7 Å². The molecule has 0 bridgehead atoms. The quantitative estimate of drug-likeness (QED) is 0.193. The van der Waals surface area contributed by atoms with E-state index in [2.05, 4.69) is 4.18 Å². The van der Waals surface area contributed by atoms with Crippen LogP contribution >= 0.6 is 0 Å². The molecule has 0 unspecified atom stereocenters. The fraction of sp³-hybridized carbons (Fsp3) is 0.565. The van der Waals surface area contributed by atoms with Crippen molar-refractivity contribution < 1.29 is 73.4 Å². The highest BCUT2D eigenvalue weighted by molar-refractivity contribution is 7.87. The molecule has 1 aromatic carbocycles. The van der Waals surface area contributed by atoms with Gasteiger partial charge in [0.2, 0.25) is 12.2 Å². The molecule has 1 spiro atoms. The Morgan fingerprint density at radius 3 is 2.05 bits per heavy atom. The van der Waals surface area contributed by atoms with Crippen molar-refractivity contribution >= 4 is 34.0 Å². The van der Waals surface area contributed by atoms with Gasteiger partial charge in [-0.2, -0.15) is 21.6 Å². The topological polar surface area (TPSA) is 167 Å². The van der Waals surface area contributed by atoms with Gasteiger partial charge >= 0.3 is 39.5 Å². The number of para-hydroxylation sites is 1. The molecule has 5 atom stereocenters. The van der Waals surface area contributed by atoms with Gasteiger partial charge in [-0.05, 0) is 18.1 Å². The maximum absolute atomic E-state index is 13.6. The first kappa shape index (κ1) is 31.1. The average Bonchev–Trinajstić information content (AvgIpc) is 2.81. The highest BCUT2D eigenvalue weighted by Crippen LogP contribution is 2.49. The van der Waals surface area contributed by atoms with Crippen LogP contribution in [-0.4, -0.2) is 74.3 Å². The van der Waals surface area contributed by atoms with Crippen LogP contribution in [0.1, 0.15) is 39.7 Å². The number of halogens is 3. The van der Waals surface area contributed by atoms with E-state index in [1.165, 1.54) is 12.1 Å². The Labute approximate surface area is 225 Å². The lowest BCUT2D eigenvalue weighted by Crippen LogP contribution is -2.76. The maximum atomic E-state index is 13.6. The van der Waals surface area contributed by atoms with E-state index in [-0.39, 0.29) is 18.6 Å². The summed E-state index contributed by atoms with van der Waals surface area (Å²) in [6.07, 6.45) is -6.66. The van der Waals surface area contributed by atoms with Crippen LogP contribution < -0.4 is 4.74 Å². The smallest absolute Gasteiger partial charge is 0.460 e. The standard InChI is InChI=1S/C23H25F3O13S/c1-12(27)33-11-22(39-40(31,32)23(24,25)26)20(36-15(4)30)18(34-13(2)28)19(35-14(3)29)21(38-22)10-9-16-7-5-6-8-17(16)37-21/h5-8,18-20H,9-11H2,1-4H3/t18-,19-,20+,21+,22+/m0/s1. The lowest BCUT2D eigenvalue weighted by molar-refractivity contribution is -0.419. The number of aryl methyl sites for hydroxylation is 1. The zero-order valence-corrected chi connectivity index (χ0v) is 22.3. The van der Waals surface area contributed by atoms with Crippen LogP contribution in [-0.2, 0) is 63.6 Å². The number of rotatable bonds is 7. The Kier molecular flexibility index (Phi) is 8.71.